The summed E-state index contributed by atoms with van der Waals surface area (Å²) < 4.78 is 2.03. The monoisotopic (exact) mass is 406 g/mol. The van der Waals surface area contributed by atoms with Crippen LogP contribution >= 0.6 is 34.7 Å². The molecular formula is C18H19ClN4OS2. The summed E-state index contributed by atoms with van der Waals surface area (Å²) in [6.07, 6.45) is 0. The van der Waals surface area contributed by atoms with Crippen molar-refractivity contribution in [2.24, 2.45) is 0 Å². The van der Waals surface area contributed by atoms with E-state index in [0.717, 1.165) is 28.0 Å². The van der Waals surface area contributed by atoms with Crippen molar-refractivity contribution in [1.29, 1.82) is 0 Å². The molecule has 3 rings (SSSR count). The fourth-order valence-electron chi connectivity index (χ4n) is 2.54. The zero-order chi connectivity index (χ0) is 18.5. The average molecular weight is 407 g/mol. The molecule has 0 aliphatic carbocycles. The first kappa shape index (κ1) is 18.9. The Balaban J connectivity index is 1.61. The Hall–Kier alpha value is -1.83. The highest BCUT2D eigenvalue weighted by Gasteiger charge is 2.16. The average Bonchev–Trinajstić information content (AvgIpc) is 3.28. The third-order valence-electron chi connectivity index (χ3n) is 3.83. The van der Waals surface area contributed by atoms with Gasteiger partial charge in [-0.15, -0.1) is 21.5 Å². The van der Waals surface area contributed by atoms with Crippen LogP contribution in [-0.4, -0.2) is 26.4 Å². The molecular weight excluding hydrogens is 388 g/mol. The molecule has 8 heteroatoms. The number of hydrogen-bond donors (Lipinski definition) is 1. The highest BCUT2D eigenvalue weighted by Crippen LogP contribution is 2.27. The molecule has 2 heterocycles. The molecule has 136 valence electrons. The molecule has 26 heavy (non-hydrogen) atoms. The summed E-state index contributed by atoms with van der Waals surface area (Å²) in [5.41, 5.74) is 0.979. The molecule has 3 aromatic rings. The zero-order valence-electron chi connectivity index (χ0n) is 14.5. The number of rotatable bonds is 7. The second-order valence-corrected chi connectivity index (χ2v) is 7.99. The van der Waals surface area contributed by atoms with Crippen LogP contribution in [0.3, 0.4) is 0 Å². The number of carbonyl (C=O) groups is 1. The lowest BCUT2D eigenvalue weighted by Crippen LogP contribution is -2.28. The van der Waals surface area contributed by atoms with Gasteiger partial charge >= 0.3 is 0 Å². The molecule has 0 radical (unpaired) electrons. The number of carbonyl (C=O) groups excluding carboxylic acids is 1. The summed E-state index contributed by atoms with van der Waals surface area (Å²) in [5.74, 6) is 1.08. The molecule has 1 amide bonds. The first-order valence-corrected chi connectivity index (χ1v) is 10.5. The summed E-state index contributed by atoms with van der Waals surface area (Å²) in [6.45, 7) is 4.74. The highest BCUT2D eigenvalue weighted by molar-refractivity contribution is 7.99. The van der Waals surface area contributed by atoms with Gasteiger partial charge in [-0.1, -0.05) is 41.6 Å². The minimum Gasteiger partial charge on any atom is -0.349 e. The first-order valence-electron chi connectivity index (χ1n) is 8.23. The minimum absolute atomic E-state index is 0.0502. The molecule has 1 atom stereocenters. The van der Waals surface area contributed by atoms with Gasteiger partial charge in [0.25, 0.3) is 0 Å². The summed E-state index contributed by atoms with van der Waals surface area (Å²) in [5, 5.41) is 15.0. The van der Waals surface area contributed by atoms with Gasteiger partial charge in [0, 0.05) is 11.6 Å². The Morgan fingerprint density at radius 3 is 2.88 bits per heavy atom. The fraction of sp³-hybridized carbons (Fsp3) is 0.278. The number of halogens is 1. The van der Waals surface area contributed by atoms with Gasteiger partial charge in [-0.05, 0) is 43.0 Å². The van der Waals surface area contributed by atoms with E-state index >= 15 is 0 Å². The Kier molecular flexibility index (Phi) is 6.34. The summed E-state index contributed by atoms with van der Waals surface area (Å²) in [4.78, 5) is 13.4. The number of amides is 1. The van der Waals surface area contributed by atoms with E-state index in [1.165, 1.54) is 11.8 Å². The Morgan fingerprint density at radius 1 is 1.35 bits per heavy atom. The van der Waals surface area contributed by atoms with Crippen molar-refractivity contribution in [3.8, 4) is 10.7 Å². The normalized spacial score (nSPS) is 12.1. The van der Waals surface area contributed by atoms with Crippen molar-refractivity contribution in [2.75, 3.05) is 5.75 Å². The fourth-order valence-corrected chi connectivity index (χ4v) is 4.27. The van der Waals surface area contributed by atoms with Crippen molar-refractivity contribution in [3.05, 3.63) is 52.4 Å². The lowest BCUT2D eigenvalue weighted by Gasteiger charge is -2.14. The Morgan fingerprint density at radius 2 is 2.19 bits per heavy atom. The molecule has 1 N–H and O–H groups in total. The molecule has 2 aromatic heterocycles. The predicted molar refractivity (Wildman–Crippen MR) is 108 cm³/mol. The maximum atomic E-state index is 12.3. The number of thiophene rings is 1. The summed E-state index contributed by atoms with van der Waals surface area (Å²) in [7, 11) is 0. The number of nitrogens with one attached hydrogen (secondary N) is 1. The van der Waals surface area contributed by atoms with Crippen molar-refractivity contribution >= 4 is 40.6 Å². The van der Waals surface area contributed by atoms with Crippen molar-refractivity contribution < 1.29 is 4.79 Å². The zero-order valence-corrected chi connectivity index (χ0v) is 16.9. The number of benzene rings is 1. The first-order chi connectivity index (χ1) is 12.6. The van der Waals surface area contributed by atoms with E-state index in [0.29, 0.717) is 5.02 Å². The lowest BCUT2D eigenvalue weighted by atomic mass is 10.1. The van der Waals surface area contributed by atoms with E-state index < -0.39 is 0 Å². The SMILES string of the molecule is CCn1c(SCC(=O)NC(C)c2cccc(Cl)c2)nnc1-c1cccs1. The van der Waals surface area contributed by atoms with Gasteiger partial charge in [-0.2, -0.15) is 0 Å². The second-order valence-electron chi connectivity index (χ2n) is 5.66. The molecule has 1 unspecified atom stereocenters. The van der Waals surface area contributed by atoms with Crippen LogP contribution in [0.5, 0.6) is 0 Å². The molecule has 0 aliphatic heterocycles. The van der Waals surface area contributed by atoms with Crippen LogP contribution in [0.4, 0.5) is 0 Å². The van der Waals surface area contributed by atoms with Gasteiger partial charge in [0.1, 0.15) is 0 Å². The quantitative estimate of drug-likeness (QED) is 0.580. The number of nitrogens with zero attached hydrogens (tertiary/aromatic N) is 3. The van der Waals surface area contributed by atoms with Crippen molar-refractivity contribution in [1.82, 2.24) is 20.1 Å². The molecule has 5 nitrogen and oxygen atoms in total. The third-order valence-corrected chi connectivity index (χ3v) is 5.90. The van der Waals surface area contributed by atoms with Gasteiger partial charge in [0.05, 0.1) is 16.7 Å². The van der Waals surface area contributed by atoms with Crippen LogP contribution in [0.1, 0.15) is 25.5 Å². The second kappa shape index (κ2) is 8.70. The maximum absolute atomic E-state index is 12.3. The van der Waals surface area contributed by atoms with E-state index in [9.17, 15) is 4.79 Å². The van der Waals surface area contributed by atoms with E-state index in [-0.39, 0.29) is 17.7 Å². The van der Waals surface area contributed by atoms with E-state index in [4.69, 9.17) is 11.6 Å². The largest absolute Gasteiger partial charge is 0.349 e. The van der Waals surface area contributed by atoms with Crippen molar-refractivity contribution in [2.45, 2.75) is 31.6 Å². The highest BCUT2D eigenvalue weighted by atomic mass is 35.5. The number of aromatic nitrogens is 3. The number of hydrogen-bond acceptors (Lipinski definition) is 5. The van der Waals surface area contributed by atoms with Crippen LogP contribution < -0.4 is 5.32 Å². The van der Waals surface area contributed by atoms with Gasteiger partial charge in [-0.3, -0.25) is 4.79 Å². The molecule has 0 spiro atoms. The summed E-state index contributed by atoms with van der Waals surface area (Å²) in [6, 6.07) is 11.4. The Labute approximate surface area is 165 Å². The standard InChI is InChI=1S/C18H19ClN4OS2/c1-3-23-17(15-8-5-9-25-15)21-22-18(23)26-11-16(24)20-12(2)13-6-4-7-14(19)10-13/h4-10,12H,3,11H2,1-2H3,(H,20,24). The van der Waals surface area contributed by atoms with Crippen LogP contribution in [0, 0.1) is 0 Å². The van der Waals surface area contributed by atoms with E-state index in [1.807, 2.05) is 60.2 Å². The van der Waals surface area contributed by atoms with Crippen LogP contribution in [0.15, 0.2) is 46.9 Å². The number of thioether (sulfide) groups is 1. The minimum atomic E-state index is -0.104. The summed E-state index contributed by atoms with van der Waals surface area (Å²) >= 11 is 9.03. The van der Waals surface area contributed by atoms with Gasteiger partial charge in [-0.25, -0.2) is 0 Å². The van der Waals surface area contributed by atoms with E-state index in [1.54, 1.807) is 11.3 Å². The van der Waals surface area contributed by atoms with Gasteiger partial charge < -0.3 is 9.88 Å². The third kappa shape index (κ3) is 4.47. The van der Waals surface area contributed by atoms with Gasteiger partial charge in [0.2, 0.25) is 5.91 Å². The molecule has 0 saturated heterocycles. The van der Waals surface area contributed by atoms with Crippen LogP contribution in [0.25, 0.3) is 10.7 Å². The van der Waals surface area contributed by atoms with Crippen LogP contribution in [-0.2, 0) is 11.3 Å². The van der Waals surface area contributed by atoms with Gasteiger partial charge in [0.15, 0.2) is 11.0 Å². The topological polar surface area (TPSA) is 59.8 Å². The Bertz CT molecular complexity index is 879. The van der Waals surface area contributed by atoms with E-state index in [2.05, 4.69) is 15.5 Å². The molecule has 0 bridgehead atoms. The lowest BCUT2D eigenvalue weighted by molar-refractivity contribution is -0.119. The molecule has 0 fully saturated rings. The molecule has 1 aromatic carbocycles. The molecule has 0 saturated carbocycles. The van der Waals surface area contributed by atoms with Crippen molar-refractivity contribution in [3.63, 3.8) is 0 Å². The molecule has 0 aliphatic rings. The maximum Gasteiger partial charge on any atom is 0.230 e. The predicted octanol–water partition coefficient (Wildman–Crippen LogP) is 4.65. The smallest absolute Gasteiger partial charge is 0.230 e. The van der Waals surface area contributed by atoms with Crippen LogP contribution in [0.2, 0.25) is 5.02 Å².